The summed E-state index contributed by atoms with van der Waals surface area (Å²) in [4.78, 5) is 56.4. The summed E-state index contributed by atoms with van der Waals surface area (Å²) < 4.78 is 9.35. The van der Waals surface area contributed by atoms with Gasteiger partial charge in [-0.3, -0.25) is 18.3 Å². The average molecular weight is 1820 g/mol. The molecule has 14 heterocycles. The highest BCUT2D eigenvalue weighted by molar-refractivity contribution is 9.10. The first-order valence-corrected chi connectivity index (χ1v) is 49.0. The van der Waals surface area contributed by atoms with Gasteiger partial charge in [-0.1, -0.05) is 169 Å². The largest absolute Gasteiger partial charge is 0.369 e. The fourth-order valence-corrected chi connectivity index (χ4v) is 21.9. The zero-order chi connectivity index (χ0) is 88.9. The molecular weight excluding hydrogens is 1690 g/mol. The van der Waals surface area contributed by atoms with E-state index in [9.17, 15) is 0 Å². The van der Waals surface area contributed by atoms with E-state index in [0.29, 0.717) is 47.9 Å². The summed E-state index contributed by atoms with van der Waals surface area (Å²) in [7, 11) is 2.19. The number of likely N-dealkylation sites (N-methyl/N-ethyl adjacent to an activating group) is 1. The van der Waals surface area contributed by atoms with Crippen LogP contribution in [0.25, 0.3) is 22.7 Å². The Hall–Kier alpha value is -11.6. The lowest BCUT2D eigenvalue weighted by atomic mass is 9.97. The Morgan fingerprint density at radius 1 is 0.369 bits per heavy atom. The molecule has 4 aliphatic carbocycles. The number of fused-ring (bicyclic) bond motifs is 12. The first-order chi connectivity index (χ1) is 63.8. The molecule has 6 fully saturated rings. The molecule has 8 atom stereocenters. The van der Waals surface area contributed by atoms with E-state index in [1.54, 1.807) is 25.3 Å². The van der Waals surface area contributed by atoms with Gasteiger partial charge in [-0.2, -0.15) is 15.0 Å². The van der Waals surface area contributed by atoms with Gasteiger partial charge in [-0.25, -0.2) is 24.9 Å². The van der Waals surface area contributed by atoms with Crippen LogP contribution < -0.4 is 50.7 Å². The zero-order valence-corrected chi connectivity index (χ0v) is 78.4. The molecule has 8 aromatic heterocycles. The molecule has 0 unspecified atom stereocenters. The van der Waals surface area contributed by atoms with Crippen molar-refractivity contribution in [2.45, 2.75) is 263 Å². The van der Waals surface area contributed by atoms with E-state index in [2.05, 4.69) is 301 Å². The molecule has 31 nitrogen and oxygen atoms in total. The van der Waals surface area contributed by atoms with Crippen molar-refractivity contribution in [1.82, 2.24) is 109 Å². The van der Waals surface area contributed by atoms with Crippen molar-refractivity contribution in [1.29, 1.82) is 0 Å². The van der Waals surface area contributed by atoms with Crippen molar-refractivity contribution in [2.24, 2.45) is 0 Å². The Labute approximate surface area is 772 Å². The summed E-state index contributed by atoms with van der Waals surface area (Å²) in [5.41, 5.74) is 11.5. The van der Waals surface area contributed by atoms with Crippen LogP contribution in [0.15, 0.2) is 158 Å². The van der Waals surface area contributed by atoms with Crippen LogP contribution in [0.2, 0.25) is 0 Å². The highest BCUT2D eigenvalue weighted by Crippen LogP contribution is 2.49. The predicted molar refractivity (Wildman–Crippen MR) is 515 cm³/mol. The van der Waals surface area contributed by atoms with Gasteiger partial charge in [0, 0.05) is 98.8 Å². The molecule has 2 saturated heterocycles. The second kappa shape index (κ2) is 39.6. The van der Waals surface area contributed by atoms with E-state index in [0.717, 1.165) is 164 Å². The van der Waals surface area contributed by atoms with E-state index in [1.165, 1.54) is 136 Å². The van der Waals surface area contributed by atoms with Gasteiger partial charge in [0.1, 0.15) is 53.9 Å². The first-order valence-electron chi connectivity index (χ1n) is 48.2. The summed E-state index contributed by atoms with van der Waals surface area (Å²) in [5.74, 6) is 11.3. The number of nitrogens with one attached hydrogen (secondary N) is 4. The average Bonchev–Trinajstić information content (AvgIpc) is 1.50. The summed E-state index contributed by atoms with van der Waals surface area (Å²) in [6, 6.07) is 39.9. The van der Waals surface area contributed by atoms with Crippen molar-refractivity contribution < 1.29 is 0 Å². The van der Waals surface area contributed by atoms with Crippen molar-refractivity contribution >= 4 is 68.4 Å². The van der Waals surface area contributed by atoms with Crippen LogP contribution in [-0.2, 0) is 6.42 Å². The van der Waals surface area contributed by atoms with Crippen molar-refractivity contribution in [3.63, 3.8) is 0 Å². The molecule has 32 heteroatoms. The number of halogens is 1. The number of anilines is 9. The zero-order valence-electron chi connectivity index (χ0n) is 76.8. The van der Waals surface area contributed by atoms with Crippen molar-refractivity contribution in [3.8, 4) is 22.7 Å². The number of piperazine rings is 2. The molecule has 22 rings (SSSR count). The molecule has 0 amide bonds. The van der Waals surface area contributed by atoms with Crippen LogP contribution >= 0.6 is 15.9 Å². The number of rotatable bonds is 22. The van der Waals surface area contributed by atoms with Gasteiger partial charge in [0.2, 0.25) is 17.8 Å². The number of benzene rings is 4. The van der Waals surface area contributed by atoms with E-state index in [1.807, 2.05) is 24.8 Å². The van der Waals surface area contributed by atoms with Crippen LogP contribution in [-0.4, -0.2) is 187 Å². The molecule has 4 saturated carbocycles. The van der Waals surface area contributed by atoms with E-state index in [4.69, 9.17) is 34.9 Å². The standard InChI is InChI=1S/C27H37N9.C26H35N9.C23H28N6.C22H26BrN7/c1-4-23-26-32-29-18-35(26)24-17-28-27(31-25(24)36(23)22-7-5-6-8-22)30-19(2)20-9-11-21(12-10-20)34-15-13-33(3)14-16-34;1-3-22-25-32-29-17-34(25)23-16-28-26(31-24(23)35(22)21-6-4-5-7-21)30-18(2)19-8-10-20(11-9-19)33-14-12-27-13-15-33;1-3-19-23-27-25-15-28(23)20-14-24-21(13-16(2)17-9-5-4-6-10-17)26-22(20)29(19)18-11-7-8-12-18;1-3-18-21-28-25-13-29(21)19-12-24-22(26-14(2)15-8-10-16(23)11-9-15)27-20(19)30(18)17-6-4-5-7-17/h9-12,17-19,22-23H,4-8,13-16H2,1-3H3,(H,28,30,31);8-11,16-18,21-22,27H,3-7,12-15H2,1-2H3,(H,28,30,31);4-6,9-10,14-16,18-19H,3,7-8,11-13H2,1-2H3;8-14,17-18H,3-7H2,1-2H3,(H,24,26,27)/t19-,23+;18-,22+;16-,19-;14-,18+/m0010/s1. The fourth-order valence-electron chi connectivity index (χ4n) is 21.6. The Morgan fingerprint density at radius 2 is 0.685 bits per heavy atom. The minimum Gasteiger partial charge on any atom is -0.369 e. The van der Waals surface area contributed by atoms with Crippen LogP contribution in [0.1, 0.15) is 283 Å². The molecule has 130 heavy (non-hydrogen) atoms. The smallest absolute Gasteiger partial charge is 0.225 e. The minimum atomic E-state index is 0.0977. The molecule has 0 spiro atoms. The molecule has 4 aromatic carbocycles. The van der Waals surface area contributed by atoms with Gasteiger partial charge in [0.25, 0.3) is 0 Å². The third-order valence-corrected chi connectivity index (χ3v) is 29.2. The molecular formula is C98H126BrN31. The van der Waals surface area contributed by atoms with Gasteiger partial charge in [0.15, 0.2) is 46.6 Å². The molecule has 10 aliphatic rings. The molecule has 12 aromatic rings. The van der Waals surface area contributed by atoms with Crippen LogP contribution in [0.5, 0.6) is 0 Å². The molecule has 0 radical (unpaired) electrons. The first kappa shape index (κ1) is 87.7. The Kier molecular flexibility index (Phi) is 26.7. The number of hydrogen-bond acceptors (Lipinski definition) is 27. The molecule has 6 aliphatic heterocycles. The van der Waals surface area contributed by atoms with Crippen molar-refractivity contribution in [2.75, 3.05) is 105 Å². The Morgan fingerprint density at radius 3 is 1.02 bits per heavy atom. The third kappa shape index (κ3) is 18.1. The fraction of sp³-hybridized carbons (Fsp3) is 0.510. The normalized spacial score (nSPS) is 20.5. The Bertz CT molecular complexity index is 5720. The summed E-state index contributed by atoms with van der Waals surface area (Å²) in [6.45, 7) is 26.2. The second-order valence-corrected chi connectivity index (χ2v) is 37.8. The van der Waals surface area contributed by atoms with Gasteiger partial charge < -0.3 is 55.6 Å². The number of hydrogen-bond donors (Lipinski definition) is 4. The van der Waals surface area contributed by atoms with Crippen LogP contribution in [0, 0.1) is 0 Å². The Balaban J connectivity index is 0.000000113. The third-order valence-electron chi connectivity index (χ3n) is 28.7. The van der Waals surface area contributed by atoms with Gasteiger partial charge in [-0.15, -0.1) is 40.8 Å². The highest BCUT2D eigenvalue weighted by atomic mass is 79.9. The van der Waals surface area contributed by atoms with Crippen molar-refractivity contribution in [3.05, 3.63) is 209 Å². The quantitative estimate of drug-likeness (QED) is 0.0490. The van der Waals surface area contributed by atoms with Gasteiger partial charge in [-0.05, 0) is 169 Å². The monoisotopic (exact) mass is 1820 g/mol. The highest BCUT2D eigenvalue weighted by Gasteiger charge is 2.44. The number of nitrogens with zero attached hydrogens (tertiary/aromatic N) is 27. The topological polar surface area (TPSA) is 297 Å². The maximum Gasteiger partial charge on any atom is 0.225 e. The van der Waals surface area contributed by atoms with Gasteiger partial charge >= 0.3 is 0 Å². The predicted octanol–water partition coefficient (Wildman–Crippen LogP) is 17.9. The summed E-state index contributed by atoms with van der Waals surface area (Å²) in [5, 5.41) is 48.7. The summed E-state index contributed by atoms with van der Waals surface area (Å²) >= 11 is 3.50. The lowest BCUT2D eigenvalue weighted by molar-refractivity contribution is 0.313. The van der Waals surface area contributed by atoms with Crippen LogP contribution in [0.3, 0.4) is 0 Å². The van der Waals surface area contributed by atoms with Gasteiger partial charge in [0.05, 0.1) is 67.1 Å². The maximum atomic E-state index is 5.12. The SMILES string of the molecule is CC[C@@H]1c2nncn2-c2cnc(C[C@@H](C)c3ccccc3)nc2N1C1CCCC1.CC[C@@H]1c2nncn2-c2cnc(N[C@@H](C)c3ccc(Br)cc3)nc2N1C1CCCC1.CC[C@@H]1c2nncn2-c2cnc(N[C@@H](C)c3ccc(N4CCN(C)CC4)cc3)nc2N1C1CCCC1.CC[C@@H]1c2nncn2-c2cnc(N[C@@H](C)c3ccc(N4CCNCC4)cc3)nc2N1C1CCCC1. The van der Waals surface area contributed by atoms with E-state index in [-0.39, 0.29) is 42.3 Å². The number of aromatic nitrogens is 20. The van der Waals surface area contributed by atoms with Crippen LogP contribution in [0.4, 0.5) is 52.5 Å². The molecule has 680 valence electrons. The van der Waals surface area contributed by atoms with E-state index < -0.39 is 0 Å². The summed E-state index contributed by atoms with van der Waals surface area (Å²) in [6.07, 6.45) is 39.5. The lowest BCUT2D eigenvalue weighted by Crippen LogP contribution is -2.44. The molecule has 0 bridgehead atoms. The maximum absolute atomic E-state index is 5.12. The molecule has 4 N–H and O–H groups in total. The second-order valence-electron chi connectivity index (χ2n) is 36.9. The lowest BCUT2D eigenvalue weighted by Gasteiger charge is -2.40. The van der Waals surface area contributed by atoms with E-state index >= 15 is 0 Å². The minimum absolute atomic E-state index is 0.0977.